The van der Waals surface area contributed by atoms with Crippen LogP contribution in [0.4, 0.5) is 10.5 Å². The van der Waals surface area contributed by atoms with Crippen LogP contribution >= 0.6 is 15.9 Å². The van der Waals surface area contributed by atoms with Gasteiger partial charge in [-0.15, -0.1) is 0 Å². The Morgan fingerprint density at radius 3 is 2.30 bits per heavy atom. The third-order valence-electron chi connectivity index (χ3n) is 10.3. The first kappa shape index (κ1) is 31.1. The van der Waals surface area contributed by atoms with Gasteiger partial charge in [0.05, 0.1) is 5.92 Å². The summed E-state index contributed by atoms with van der Waals surface area (Å²) in [5.74, 6) is -0.210. The zero-order valence-corrected chi connectivity index (χ0v) is 27.6. The maximum atomic E-state index is 14.0. The van der Waals surface area contributed by atoms with E-state index in [1.807, 2.05) is 39.0 Å². The summed E-state index contributed by atoms with van der Waals surface area (Å²) < 4.78 is 1.05. The second kappa shape index (κ2) is 14.0. The van der Waals surface area contributed by atoms with E-state index in [9.17, 15) is 14.4 Å². The highest BCUT2D eigenvalue weighted by Crippen LogP contribution is 2.29. The molecule has 3 saturated heterocycles. The van der Waals surface area contributed by atoms with Crippen LogP contribution in [0.1, 0.15) is 68.1 Å². The number of carbonyl (C=O) groups excluding carboxylic acids is 3. The van der Waals surface area contributed by atoms with E-state index in [1.165, 1.54) is 32.4 Å². The number of urea groups is 1. The van der Waals surface area contributed by atoms with Crippen molar-refractivity contribution >= 4 is 39.5 Å². The Balaban J connectivity index is 1.08. The molecule has 236 valence electrons. The van der Waals surface area contributed by atoms with Gasteiger partial charge in [-0.05, 0) is 93.8 Å². The quantitative estimate of drug-likeness (QED) is 0.405. The fourth-order valence-corrected chi connectivity index (χ4v) is 7.89. The van der Waals surface area contributed by atoms with Gasteiger partial charge in [0, 0.05) is 61.4 Å². The molecule has 4 amide bonds. The predicted molar refractivity (Wildman–Crippen MR) is 176 cm³/mol. The number of amides is 4. The minimum atomic E-state index is -0.378. The van der Waals surface area contributed by atoms with E-state index in [4.69, 9.17) is 0 Å². The summed E-state index contributed by atoms with van der Waals surface area (Å²) in [4.78, 5) is 49.1. The van der Waals surface area contributed by atoms with Gasteiger partial charge in [-0.2, -0.15) is 0 Å². The number of anilines is 1. The second-order valence-corrected chi connectivity index (χ2v) is 14.0. The number of rotatable bonds is 7. The Morgan fingerprint density at radius 2 is 1.57 bits per heavy atom. The molecule has 0 saturated carbocycles. The average Bonchev–Trinajstić information content (AvgIpc) is 3.06. The topological polar surface area (TPSA) is 76.2 Å². The van der Waals surface area contributed by atoms with Crippen molar-refractivity contribution in [2.24, 2.45) is 5.92 Å². The number of benzene rings is 2. The number of nitrogens with zero attached hydrogens (tertiary/aromatic N) is 4. The van der Waals surface area contributed by atoms with Crippen LogP contribution in [0.25, 0.3) is 0 Å². The van der Waals surface area contributed by atoms with Gasteiger partial charge < -0.3 is 24.9 Å². The van der Waals surface area contributed by atoms with Crippen LogP contribution in [0.2, 0.25) is 0 Å². The van der Waals surface area contributed by atoms with Crippen molar-refractivity contribution in [1.82, 2.24) is 19.6 Å². The molecule has 2 aromatic carbocycles. The van der Waals surface area contributed by atoms with Gasteiger partial charge in [0.25, 0.3) is 0 Å². The standard InChI is InChI=1S/C35H46BrN5O3/c1-25-21-26(9-10-31(25)36)22-28(34(43)40-19-11-29(12-20-40)38-15-5-2-6-16-38)23-33(42)39-17-13-30(14-18-39)41-24-27-7-3-4-8-32(27)37-35(41)44/h3-4,7-10,21,28-30H,2,5-6,11-20,22-24H2,1H3,(H,37,44). The number of hydrogen-bond donors (Lipinski definition) is 1. The van der Waals surface area contributed by atoms with Crippen LogP contribution in [0.5, 0.6) is 0 Å². The molecule has 9 heteroatoms. The monoisotopic (exact) mass is 663 g/mol. The highest BCUT2D eigenvalue weighted by Gasteiger charge is 2.36. The highest BCUT2D eigenvalue weighted by molar-refractivity contribution is 9.10. The number of likely N-dealkylation sites (tertiary alicyclic amines) is 3. The number of halogens is 1. The minimum absolute atomic E-state index is 0.0484. The van der Waals surface area contributed by atoms with E-state index in [0.717, 1.165) is 65.6 Å². The first-order valence-electron chi connectivity index (χ1n) is 16.6. The Kier molecular flexibility index (Phi) is 9.91. The smallest absolute Gasteiger partial charge is 0.322 e. The van der Waals surface area contributed by atoms with Crippen molar-refractivity contribution in [1.29, 1.82) is 0 Å². The lowest BCUT2D eigenvalue weighted by Gasteiger charge is -2.41. The van der Waals surface area contributed by atoms with Crippen molar-refractivity contribution < 1.29 is 14.4 Å². The third-order valence-corrected chi connectivity index (χ3v) is 11.2. The number of aryl methyl sites for hydroxylation is 1. The van der Waals surface area contributed by atoms with Crippen LogP contribution in [0.3, 0.4) is 0 Å². The number of carbonyl (C=O) groups is 3. The van der Waals surface area contributed by atoms with Gasteiger partial charge in [0.1, 0.15) is 0 Å². The molecule has 2 aromatic rings. The zero-order chi connectivity index (χ0) is 30.6. The highest BCUT2D eigenvalue weighted by atomic mass is 79.9. The maximum Gasteiger partial charge on any atom is 0.322 e. The number of hydrogen-bond acceptors (Lipinski definition) is 4. The molecule has 0 radical (unpaired) electrons. The molecule has 8 nitrogen and oxygen atoms in total. The molecule has 1 N–H and O–H groups in total. The molecule has 3 fully saturated rings. The zero-order valence-electron chi connectivity index (χ0n) is 26.0. The predicted octanol–water partition coefficient (Wildman–Crippen LogP) is 5.82. The van der Waals surface area contributed by atoms with Crippen molar-refractivity contribution in [3.8, 4) is 0 Å². The molecule has 44 heavy (non-hydrogen) atoms. The van der Waals surface area contributed by atoms with Gasteiger partial charge in [-0.1, -0.05) is 52.7 Å². The molecule has 4 aliphatic rings. The molecule has 0 aromatic heterocycles. The van der Waals surface area contributed by atoms with Crippen molar-refractivity contribution in [2.45, 2.75) is 83.3 Å². The molecule has 1 atom stereocenters. The van der Waals surface area contributed by atoms with Gasteiger partial charge in [-0.3, -0.25) is 9.59 Å². The lowest BCUT2D eigenvalue weighted by atomic mass is 9.91. The summed E-state index contributed by atoms with van der Waals surface area (Å²) in [6.45, 7) is 7.79. The maximum absolute atomic E-state index is 14.0. The number of nitrogens with one attached hydrogen (secondary N) is 1. The summed E-state index contributed by atoms with van der Waals surface area (Å²) in [7, 11) is 0. The lowest BCUT2D eigenvalue weighted by molar-refractivity contribution is -0.143. The lowest BCUT2D eigenvalue weighted by Crippen LogP contribution is -2.52. The summed E-state index contributed by atoms with van der Waals surface area (Å²) in [6.07, 6.45) is 8.22. The van der Waals surface area contributed by atoms with Crippen molar-refractivity contribution in [3.05, 3.63) is 63.6 Å². The summed E-state index contributed by atoms with van der Waals surface area (Å²) in [6, 6.07) is 14.8. The number of piperidine rings is 3. The van der Waals surface area contributed by atoms with Crippen LogP contribution < -0.4 is 5.32 Å². The molecule has 0 aliphatic carbocycles. The Labute approximate surface area is 270 Å². The van der Waals surface area contributed by atoms with E-state index in [0.29, 0.717) is 32.1 Å². The summed E-state index contributed by atoms with van der Waals surface area (Å²) >= 11 is 3.59. The molecule has 1 unspecified atom stereocenters. The Morgan fingerprint density at radius 1 is 0.886 bits per heavy atom. The fourth-order valence-electron chi connectivity index (χ4n) is 7.64. The van der Waals surface area contributed by atoms with Gasteiger partial charge in [-0.25, -0.2) is 4.79 Å². The Hall–Kier alpha value is -2.91. The molecular weight excluding hydrogens is 618 g/mol. The number of para-hydroxylation sites is 1. The summed E-state index contributed by atoms with van der Waals surface area (Å²) in [5.41, 5.74) is 4.23. The molecular formula is C35H46BrN5O3. The molecule has 4 heterocycles. The van der Waals surface area contributed by atoms with E-state index in [2.05, 4.69) is 51.3 Å². The molecule has 4 aliphatic heterocycles. The first-order chi connectivity index (χ1) is 21.4. The molecule has 6 rings (SSSR count). The van der Waals surface area contributed by atoms with E-state index in [1.54, 1.807) is 0 Å². The largest absolute Gasteiger partial charge is 0.343 e. The molecule has 0 bridgehead atoms. The van der Waals surface area contributed by atoms with Crippen molar-refractivity contribution in [3.63, 3.8) is 0 Å². The fraction of sp³-hybridized carbons (Fsp3) is 0.571. The van der Waals surface area contributed by atoms with E-state index in [-0.39, 0.29) is 36.2 Å². The summed E-state index contributed by atoms with van der Waals surface area (Å²) in [5, 5.41) is 3.02. The third kappa shape index (κ3) is 7.15. The normalized spacial score (nSPS) is 21.1. The van der Waals surface area contributed by atoms with E-state index >= 15 is 0 Å². The first-order valence-corrected chi connectivity index (χ1v) is 17.4. The van der Waals surface area contributed by atoms with Crippen LogP contribution in [-0.2, 0) is 22.6 Å². The molecule has 0 spiro atoms. The van der Waals surface area contributed by atoms with Gasteiger partial charge >= 0.3 is 6.03 Å². The SMILES string of the molecule is Cc1cc(CC(CC(=O)N2CCC(N3Cc4ccccc4NC3=O)CC2)C(=O)N2CCC(N3CCCCC3)CC2)ccc1Br. The van der Waals surface area contributed by atoms with Crippen LogP contribution in [-0.4, -0.2) is 88.8 Å². The minimum Gasteiger partial charge on any atom is -0.343 e. The average molecular weight is 665 g/mol. The van der Waals surface area contributed by atoms with Crippen LogP contribution in [0, 0.1) is 12.8 Å². The van der Waals surface area contributed by atoms with Crippen molar-refractivity contribution in [2.75, 3.05) is 44.6 Å². The van der Waals surface area contributed by atoms with Gasteiger partial charge in [0.2, 0.25) is 11.8 Å². The van der Waals surface area contributed by atoms with E-state index < -0.39 is 0 Å². The number of fused-ring (bicyclic) bond motifs is 1. The van der Waals surface area contributed by atoms with Crippen LogP contribution in [0.15, 0.2) is 46.9 Å². The Bertz CT molecular complexity index is 1350. The second-order valence-electron chi connectivity index (χ2n) is 13.2. The van der Waals surface area contributed by atoms with Gasteiger partial charge in [0.15, 0.2) is 0 Å².